The molecule has 0 aliphatic rings. The van der Waals surface area contributed by atoms with Crippen molar-refractivity contribution < 1.29 is 15.3 Å². The van der Waals surface area contributed by atoms with E-state index in [2.05, 4.69) is 4.99 Å². The van der Waals surface area contributed by atoms with E-state index >= 15 is 0 Å². The second-order valence-corrected chi connectivity index (χ2v) is 3.48. The average molecular weight is 229 g/mol. The number of hydrogen-bond donors (Lipinski definition) is 3. The van der Waals surface area contributed by atoms with Gasteiger partial charge < -0.3 is 15.3 Å². The predicted octanol–water partition coefficient (Wildman–Crippen LogP) is 2.55. The number of nitrogens with zero attached hydrogens (tertiary/aromatic N) is 1. The van der Waals surface area contributed by atoms with E-state index in [-0.39, 0.29) is 22.8 Å². The molecule has 4 nitrogen and oxygen atoms in total. The summed E-state index contributed by atoms with van der Waals surface area (Å²) in [4.78, 5) is 4.08. The molecule has 0 atom stereocenters. The molecule has 2 aromatic rings. The molecule has 2 aromatic carbocycles. The largest absolute Gasteiger partial charge is 0.508 e. The SMILES string of the molecule is Oc1ccc(/N=C/c2c(O)cccc2O)cc1. The topological polar surface area (TPSA) is 73.1 Å². The molecule has 0 heterocycles. The molecule has 17 heavy (non-hydrogen) atoms. The molecule has 0 aromatic heterocycles. The zero-order valence-electron chi connectivity index (χ0n) is 8.91. The van der Waals surface area contributed by atoms with Gasteiger partial charge in [-0.15, -0.1) is 0 Å². The summed E-state index contributed by atoms with van der Waals surface area (Å²) in [6.45, 7) is 0. The maximum Gasteiger partial charge on any atom is 0.128 e. The number of rotatable bonds is 2. The quantitative estimate of drug-likeness (QED) is 0.693. The Kier molecular flexibility index (Phi) is 2.96. The fourth-order valence-electron chi connectivity index (χ4n) is 1.35. The van der Waals surface area contributed by atoms with Gasteiger partial charge in [-0.25, -0.2) is 0 Å². The van der Waals surface area contributed by atoms with E-state index in [9.17, 15) is 10.2 Å². The van der Waals surface area contributed by atoms with Gasteiger partial charge in [0, 0.05) is 6.21 Å². The molecule has 0 unspecified atom stereocenters. The van der Waals surface area contributed by atoms with Crippen molar-refractivity contribution in [1.82, 2.24) is 0 Å². The van der Waals surface area contributed by atoms with E-state index in [1.54, 1.807) is 18.2 Å². The fraction of sp³-hybridized carbons (Fsp3) is 0. The Labute approximate surface area is 98.1 Å². The second-order valence-electron chi connectivity index (χ2n) is 3.48. The van der Waals surface area contributed by atoms with Gasteiger partial charge in [-0.2, -0.15) is 0 Å². The van der Waals surface area contributed by atoms with Crippen molar-refractivity contribution in [3.63, 3.8) is 0 Å². The van der Waals surface area contributed by atoms with Crippen molar-refractivity contribution in [2.75, 3.05) is 0 Å². The summed E-state index contributed by atoms with van der Waals surface area (Å²) in [7, 11) is 0. The van der Waals surface area contributed by atoms with Crippen molar-refractivity contribution >= 4 is 11.9 Å². The zero-order valence-corrected chi connectivity index (χ0v) is 8.91. The van der Waals surface area contributed by atoms with E-state index in [0.29, 0.717) is 5.69 Å². The van der Waals surface area contributed by atoms with Crippen LogP contribution < -0.4 is 0 Å². The minimum atomic E-state index is -0.0347. The smallest absolute Gasteiger partial charge is 0.128 e. The van der Waals surface area contributed by atoms with E-state index < -0.39 is 0 Å². The van der Waals surface area contributed by atoms with Crippen LogP contribution >= 0.6 is 0 Å². The monoisotopic (exact) mass is 229 g/mol. The molecule has 0 fully saturated rings. The van der Waals surface area contributed by atoms with Gasteiger partial charge in [0.2, 0.25) is 0 Å². The highest BCUT2D eigenvalue weighted by Gasteiger charge is 2.03. The van der Waals surface area contributed by atoms with Gasteiger partial charge in [-0.05, 0) is 36.4 Å². The predicted molar refractivity (Wildman–Crippen MR) is 65.1 cm³/mol. The van der Waals surface area contributed by atoms with Crippen molar-refractivity contribution in [2.45, 2.75) is 0 Å². The van der Waals surface area contributed by atoms with Crippen LogP contribution in [0.5, 0.6) is 17.2 Å². The standard InChI is InChI=1S/C13H11NO3/c15-10-6-4-9(5-7-10)14-8-11-12(16)2-1-3-13(11)17/h1-8,15-17H/b14-8+. The third kappa shape index (κ3) is 2.55. The Balaban J connectivity index is 2.29. The number of aromatic hydroxyl groups is 3. The van der Waals surface area contributed by atoms with Crippen LogP contribution in [0, 0.1) is 0 Å². The van der Waals surface area contributed by atoms with Crippen molar-refractivity contribution in [2.24, 2.45) is 4.99 Å². The summed E-state index contributed by atoms with van der Waals surface area (Å²) >= 11 is 0. The molecule has 0 aliphatic heterocycles. The zero-order chi connectivity index (χ0) is 12.3. The van der Waals surface area contributed by atoms with Crippen LogP contribution in [0.25, 0.3) is 0 Å². The first kappa shape index (κ1) is 11.0. The molecule has 0 radical (unpaired) electrons. The number of hydrogen-bond acceptors (Lipinski definition) is 4. The number of phenols is 3. The summed E-state index contributed by atoms with van der Waals surface area (Å²) in [5.41, 5.74) is 0.881. The van der Waals surface area contributed by atoms with Gasteiger partial charge in [0.05, 0.1) is 11.3 Å². The Morgan fingerprint density at radius 3 is 2.00 bits per heavy atom. The lowest BCUT2D eigenvalue weighted by molar-refractivity contribution is 0.449. The lowest BCUT2D eigenvalue weighted by Crippen LogP contribution is -1.83. The first-order chi connectivity index (χ1) is 8.16. The molecule has 0 amide bonds. The normalized spacial score (nSPS) is 10.8. The molecule has 0 bridgehead atoms. The number of aliphatic imine (C=N–C) groups is 1. The molecule has 2 rings (SSSR count). The fourth-order valence-corrected chi connectivity index (χ4v) is 1.35. The van der Waals surface area contributed by atoms with E-state index in [1.165, 1.54) is 30.5 Å². The molecule has 0 saturated carbocycles. The van der Waals surface area contributed by atoms with Gasteiger partial charge in [0.25, 0.3) is 0 Å². The molecule has 3 N–H and O–H groups in total. The highest BCUT2D eigenvalue weighted by Crippen LogP contribution is 2.25. The lowest BCUT2D eigenvalue weighted by atomic mass is 10.2. The Morgan fingerprint density at radius 1 is 0.824 bits per heavy atom. The molecule has 0 spiro atoms. The Hall–Kier alpha value is -2.49. The Morgan fingerprint density at radius 2 is 1.41 bits per heavy atom. The van der Waals surface area contributed by atoms with Crippen LogP contribution in [0.2, 0.25) is 0 Å². The summed E-state index contributed by atoms with van der Waals surface area (Å²) in [5, 5.41) is 28.1. The van der Waals surface area contributed by atoms with Crippen LogP contribution in [0.1, 0.15) is 5.56 Å². The highest BCUT2D eigenvalue weighted by atomic mass is 16.3. The molecule has 0 saturated heterocycles. The molecule has 4 heteroatoms. The lowest BCUT2D eigenvalue weighted by Gasteiger charge is -2.01. The third-order valence-corrected chi connectivity index (χ3v) is 2.25. The van der Waals surface area contributed by atoms with Crippen molar-refractivity contribution in [3.8, 4) is 17.2 Å². The first-order valence-corrected chi connectivity index (χ1v) is 5.01. The summed E-state index contributed by atoms with van der Waals surface area (Å²) in [6, 6.07) is 10.8. The second kappa shape index (κ2) is 4.57. The number of phenolic OH excluding ortho intramolecular Hbond substituents is 3. The van der Waals surface area contributed by atoms with Crippen LogP contribution in [0.4, 0.5) is 5.69 Å². The summed E-state index contributed by atoms with van der Waals surface area (Å²) in [5.74, 6) is 0.0920. The van der Waals surface area contributed by atoms with Gasteiger partial charge in [-0.1, -0.05) is 6.07 Å². The van der Waals surface area contributed by atoms with Crippen molar-refractivity contribution in [1.29, 1.82) is 0 Å². The van der Waals surface area contributed by atoms with Gasteiger partial charge in [0.15, 0.2) is 0 Å². The molecular formula is C13H11NO3. The maximum atomic E-state index is 9.52. The van der Waals surface area contributed by atoms with Gasteiger partial charge >= 0.3 is 0 Å². The number of benzene rings is 2. The average Bonchev–Trinajstić information content (AvgIpc) is 2.31. The van der Waals surface area contributed by atoms with E-state index in [1.807, 2.05) is 0 Å². The Bertz CT molecular complexity index is 527. The third-order valence-electron chi connectivity index (χ3n) is 2.25. The van der Waals surface area contributed by atoms with Gasteiger partial charge in [0.1, 0.15) is 17.2 Å². The molecular weight excluding hydrogens is 218 g/mol. The molecule has 0 aliphatic carbocycles. The van der Waals surface area contributed by atoms with Crippen LogP contribution in [-0.4, -0.2) is 21.5 Å². The van der Waals surface area contributed by atoms with E-state index in [0.717, 1.165) is 0 Å². The minimum Gasteiger partial charge on any atom is -0.508 e. The van der Waals surface area contributed by atoms with Crippen LogP contribution in [0.15, 0.2) is 47.5 Å². The molecule has 86 valence electrons. The minimum absolute atomic E-state index is 0.0347. The van der Waals surface area contributed by atoms with Crippen LogP contribution in [-0.2, 0) is 0 Å². The van der Waals surface area contributed by atoms with Crippen LogP contribution in [0.3, 0.4) is 0 Å². The maximum absolute atomic E-state index is 9.52. The highest BCUT2D eigenvalue weighted by molar-refractivity contribution is 5.88. The summed E-state index contributed by atoms with van der Waals surface area (Å²) < 4.78 is 0. The van der Waals surface area contributed by atoms with Crippen molar-refractivity contribution in [3.05, 3.63) is 48.0 Å². The van der Waals surface area contributed by atoms with E-state index in [4.69, 9.17) is 5.11 Å². The first-order valence-electron chi connectivity index (χ1n) is 5.01. The summed E-state index contributed by atoms with van der Waals surface area (Å²) in [6.07, 6.45) is 1.37. The van der Waals surface area contributed by atoms with Gasteiger partial charge in [-0.3, -0.25) is 4.99 Å².